The number of benzene rings is 1. The first-order chi connectivity index (χ1) is 12.4. The molecule has 6 heteroatoms. The Morgan fingerprint density at radius 1 is 1.04 bits per heavy atom. The van der Waals surface area contributed by atoms with Crippen molar-refractivity contribution in [1.29, 1.82) is 0 Å². The van der Waals surface area contributed by atoms with Crippen molar-refractivity contribution >= 4 is 12.6 Å². The number of hydrogen-bond acceptors (Lipinski definition) is 5. The summed E-state index contributed by atoms with van der Waals surface area (Å²) in [6.07, 6.45) is 3.20. The fraction of sp³-hybridized carbons (Fsp3) is 0.700. The molecule has 4 rings (SSSR count). The lowest BCUT2D eigenvalue weighted by atomic mass is 9.74. The van der Waals surface area contributed by atoms with Gasteiger partial charge in [0.2, 0.25) is 0 Å². The molecule has 0 spiro atoms. The molecule has 0 aliphatic carbocycles. The first-order valence-corrected chi connectivity index (χ1v) is 9.67. The lowest BCUT2D eigenvalue weighted by Crippen LogP contribution is -2.41. The molecular formula is C20H29BO5. The zero-order valence-electron chi connectivity index (χ0n) is 16.3. The molecule has 0 aromatic heterocycles. The van der Waals surface area contributed by atoms with Crippen molar-refractivity contribution in [1.82, 2.24) is 0 Å². The SMILES string of the molecule is CC1(C)OB(c2ccc(COC3CCCCO3)c3c2COC3)OC1(C)C. The third-order valence-corrected chi connectivity index (χ3v) is 6.13. The minimum Gasteiger partial charge on any atom is -0.399 e. The average Bonchev–Trinajstić information content (AvgIpc) is 3.16. The Morgan fingerprint density at radius 2 is 1.77 bits per heavy atom. The quantitative estimate of drug-likeness (QED) is 0.773. The first kappa shape index (κ1) is 18.4. The van der Waals surface area contributed by atoms with Crippen LogP contribution in [0.15, 0.2) is 12.1 Å². The Bertz CT molecular complexity index is 650. The highest BCUT2D eigenvalue weighted by molar-refractivity contribution is 6.62. The van der Waals surface area contributed by atoms with Gasteiger partial charge in [0.05, 0.1) is 31.0 Å². The van der Waals surface area contributed by atoms with Crippen LogP contribution in [0.2, 0.25) is 0 Å². The molecule has 0 bridgehead atoms. The molecule has 5 nitrogen and oxygen atoms in total. The van der Waals surface area contributed by atoms with Gasteiger partial charge >= 0.3 is 7.12 Å². The summed E-state index contributed by atoms with van der Waals surface area (Å²) in [5, 5.41) is 0. The van der Waals surface area contributed by atoms with Gasteiger partial charge in [-0.2, -0.15) is 0 Å². The summed E-state index contributed by atoms with van der Waals surface area (Å²) in [4.78, 5) is 0. The van der Waals surface area contributed by atoms with Crippen LogP contribution in [0.1, 0.15) is 63.6 Å². The minimum absolute atomic E-state index is 0.0792. The van der Waals surface area contributed by atoms with Crippen LogP contribution in [-0.2, 0) is 43.3 Å². The molecule has 3 aliphatic heterocycles. The Kier molecular flexibility index (Phi) is 4.91. The Morgan fingerprint density at radius 3 is 2.46 bits per heavy atom. The van der Waals surface area contributed by atoms with Crippen molar-refractivity contribution in [2.45, 2.75) is 84.3 Å². The Balaban J connectivity index is 1.53. The van der Waals surface area contributed by atoms with Crippen LogP contribution in [0.3, 0.4) is 0 Å². The fourth-order valence-electron chi connectivity index (χ4n) is 3.72. The van der Waals surface area contributed by atoms with E-state index in [4.69, 9.17) is 23.5 Å². The van der Waals surface area contributed by atoms with E-state index in [0.717, 1.165) is 24.9 Å². The summed E-state index contributed by atoms with van der Waals surface area (Å²) in [6.45, 7) is 10.9. The van der Waals surface area contributed by atoms with Gasteiger partial charge in [-0.3, -0.25) is 0 Å². The predicted molar refractivity (Wildman–Crippen MR) is 99.0 cm³/mol. The summed E-state index contributed by atoms with van der Waals surface area (Å²) < 4.78 is 29.9. The third-order valence-electron chi connectivity index (χ3n) is 6.13. The highest BCUT2D eigenvalue weighted by Gasteiger charge is 2.52. The van der Waals surface area contributed by atoms with Crippen molar-refractivity contribution in [3.8, 4) is 0 Å². The first-order valence-electron chi connectivity index (χ1n) is 9.67. The number of fused-ring (bicyclic) bond motifs is 1. The van der Waals surface area contributed by atoms with E-state index >= 15 is 0 Å². The van der Waals surface area contributed by atoms with Crippen LogP contribution in [-0.4, -0.2) is 31.2 Å². The van der Waals surface area contributed by atoms with Crippen molar-refractivity contribution < 1.29 is 23.5 Å². The lowest BCUT2D eigenvalue weighted by Gasteiger charge is -2.32. The van der Waals surface area contributed by atoms with Gasteiger partial charge in [-0.25, -0.2) is 0 Å². The van der Waals surface area contributed by atoms with Crippen molar-refractivity contribution in [2.24, 2.45) is 0 Å². The minimum atomic E-state index is -0.355. The standard InChI is InChI=1S/C20H29BO5/c1-19(2)20(3,4)26-21(25-19)17-9-8-14(15-12-22-13-16(15)17)11-24-18-7-5-6-10-23-18/h8-9,18H,5-7,10-13H2,1-4H3. The van der Waals surface area contributed by atoms with Crippen molar-refractivity contribution in [3.63, 3.8) is 0 Å². The Labute approximate surface area is 156 Å². The molecule has 0 N–H and O–H groups in total. The number of rotatable bonds is 4. The molecule has 142 valence electrons. The van der Waals surface area contributed by atoms with Gasteiger partial charge in [-0.15, -0.1) is 0 Å². The molecule has 1 unspecified atom stereocenters. The molecule has 1 atom stereocenters. The van der Waals surface area contributed by atoms with E-state index in [1.54, 1.807) is 0 Å². The van der Waals surface area contributed by atoms with E-state index in [9.17, 15) is 0 Å². The van der Waals surface area contributed by atoms with Crippen LogP contribution in [0.25, 0.3) is 0 Å². The second kappa shape index (κ2) is 6.91. The number of hydrogen-bond donors (Lipinski definition) is 0. The zero-order chi connectivity index (χ0) is 18.4. The van der Waals surface area contributed by atoms with Crippen LogP contribution < -0.4 is 5.46 Å². The predicted octanol–water partition coefficient (Wildman–Crippen LogP) is 3.06. The van der Waals surface area contributed by atoms with Gasteiger partial charge in [-0.1, -0.05) is 12.1 Å². The van der Waals surface area contributed by atoms with Gasteiger partial charge in [0, 0.05) is 6.61 Å². The number of ether oxygens (including phenoxy) is 3. The molecular weight excluding hydrogens is 331 g/mol. The van der Waals surface area contributed by atoms with E-state index in [2.05, 4.69) is 39.8 Å². The summed E-state index contributed by atoms with van der Waals surface area (Å²) >= 11 is 0. The van der Waals surface area contributed by atoms with Crippen LogP contribution in [0, 0.1) is 0 Å². The zero-order valence-corrected chi connectivity index (χ0v) is 16.3. The summed E-state index contributed by atoms with van der Waals surface area (Å²) in [7, 11) is -0.355. The smallest absolute Gasteiger partial charge is 0.399 e. The Hall–Kier alpha value is -0.915. The second-order valence-corrected chi connectivity index (χ2v) is 8.46. The van der Waals surface area contributed by atoms with E-state index in [1.165, 1.54) is 23.1 Å². The van der Waals surface area contributed by atoms with Crippen molar-refractivity contribution in [2.75, 3.05) is 6.61 Å². The topological polar surface area (TPSA) is 46.2 Å². The molecule has 2 saturated heterocycles. The molecule has 2 fully saturated rings. The van der Waals surface area contributed by atoms with Crippen molar-refractivity contribution in [3.05, 3.63) is 28.8 Å². The normalized spacial score (nSPS) is 26.9. The monoisotopic (exact) mass is 360 g/mol. The summed E-state index contributed by atoms with van der Waals surface area (Å²) in [5.41, 5.74) is 3.97. The third kappa shape index (κ3) is 3.34. The average molecular weight is 360 g/mol. The highest BCUT2D eigenvalue weighted by atomic mass is 16.7. The highest BCUT2D eigenvalue weighted by Crippen LogP contribution is 2.37. The van der Waals surface area contributed by atoms with E-state index in [1.807, 2.05) is 0 Å². The van der Waals surface area contributed by atoms with Gasteiger partial charge in [0.25, 0.3) is 0 Å². The van der Waals surface area contributed by atoms with Crippen LogP contribution in [0.5, 0.6) is 0 Å². The summed E-state index contributed by atoms with van der Waals surface area (Å²) in [6, 6.07) is 4.23. The van der Waals surface area contributed by atoms with Gasteiger partial charge < -0.3 is 23.5 Å². The lowest BCUT2D eigenvalue weighted by molar-refractivity contribution is -0.169. The maximum atomic E-state index is 6.24. The van der Waals surface area contributed by atoms with Gasteiger partial charge in [0.15, 0.2) is 6.29 Å². The fourth-order valence-corrected chi connectivity index (χ4v) is 3.72. The van der Waals surface area contributed by atoms with E-state index in [-0.39, 0.29) is 24.6 Å². The van der Waals surface area contributed by atoms with Gasteiger partial charge in [-0.05, 0) is 69.1 Å². The van der Waals surface area contributed by atoms with Crippen LogP contribution >= 0.6 is 0 Å². The maximum absolute atomic E-state index is 6.24. The maximum Gasteiger partial charge on any atom is 0.495 e. The molecule has 26 heavy (non-hydrogen) atoms. The molecule has 1 aromatic carbocycles. The molecule has 3 heterocycles. The molecule has 0 amide bonds. The van der Waals surface area contributed by atoms with Gasteiger partial charge in [0.1, 0.15) is 0 Å². The molecule has 3 aliphatic rings. The largest absolute Gasteiger partial charge is 0.495 e. The molecule has 0 radical (unpaired) electrons. The second-order valence-electron chi connectivity index (χ2n) is 8.46. The van der Waals surface area contributed by atoms with Crippen LogP contribution in [0.4, 0.5) is 0 Å². The summed E-state index contributed by atoms with van der Waals surface area (Å²) in [5.74, 6) is 0. The molecule has 0 saturated carbocycles. The molecule has 1 aromatic rings. The van der Waals surface area contributed by atoms with E-state index < -0.39 is 0 Å². The van der Waals surface area contributed by atoms with E-state index in [0.29, 0.717) is 19.8 Å².